The Bertz CT molecular complexity index is 487. The Hall–Kier alpha value is -1.68. The van der Waals surface area contributed by atoms with Crippen LogP contribution in [0.4, 0.5) is 8.78 Å². The van der Waals surface area contributed by atoms with Crippen LogP contribution in [-0.2, 0) is 0 Å². The van der Waals surface area contributed by atoms with Crippen molar-refractivity contribution in [2.75, 3.05) is 0 Å². The maximum atomic E-state index is 13.0. The first-order valence-electron chi connectivity index (χ1n) is 4.83. The third-order valence-corrected chi connectivity index (χ3v) is 2.48. The van der Waals surface area contributed by atoms with Crippen molar-refractivity contribution in [1.82, 2.24) is 0 Å². The maximum Gasteiger partial charge on any atom is 0.126 e. The molecule has 0 fully saturated rings. The first kappa shape index (κ1) is 10.8. The Labute approximate surface area is 91.7 Å². The van der Waals surface area contributed by atoms with E-state index in [1.807, 2.05) is 0 Å². The molecule has 0 aliphatic carbocycles. The highest BCUT2D eigenvalue weighted by atomic mass is 19.1. The summed E-state index contributed by atoms with van der Waals surface area (Å²) in [5, 5.41) is 0. The van der Waals surface area contributed by atoms with E-state index in [2.05, 4.69) is 0 Å². The molecule has 0 spiro atoms. The van der Waals surface area contributed by atoms with E-state index in [0.717, 1.165) is 11.6 Å². The minimum Gasteiger partial charge on any atom is -0.469 e. The molecular weight excluding hydrogens is 212 g/mol. The highest BCUT2D eigenvalue weighted by molar-refractivity contribution is 5.32. The second kappa shape index (κ2) is 4.06. The van der Waals surface area contributed by atoms with Gasteiger partial charge in [-0.1, -0.05) is 0 Å². The Morgan fingerprint density at radius 3 is 2.31 bits per heavy atom. The molecule has 0 bridgehead atoms. The molecule has 1 aromatic carbocycles. The molecule has 0 saturated carbocycles. The molecule has 1 heterocycles. The first-order valence-corrected chi connectivity index (χ1v) is 4.83. The summed E-state index contributed by atoms with van der Waals surface area (Å²) < 4.78 is 31.1. The van der Waals surface area contributed by atoms with Crippen LogP contribution in [0.25, 0.3) is 0 Å². The lowest BCUT2D eigenvalue weighted by Crippen LogP contribution is -2.12. The lowest BCUT2D eigenvalue weighted by Gasteiger charge is -2.11. The summed E-state index contributed by atoms with van der Waals surface area (Å²) in [5.41, 5.74) is 7.02. The second-order valence-corrected chi connectivity index (χ2v) is 3.61. The van der Waals surface area contributed by atoms with E-state index < -0.39 is 17.7 Å². The summed E-state index contributed by atoms with van der Waals surface area (Å²) in [6.45, 7) is 1.75. The highest BCUT2D eigenvalue weighted by Crippen LogP contribution is 2.24. The van der Waals surface area contributed by atoms with Crippen molar-refractivity contribution in [2.24, 2.45) is 5.73 Å². The molecule has 0 amide bonds. The summed E-state index contributed by atoms with van der Waals surface area (Å²) >= 11 is 0. The number of hydrogen-bond donors (Lipinski definition) is 1. The summed E-state index contributed by atoms with van der Waals surface area (Å²) in [4.78, 5) is 0. The predicted molar refractivity (Wildman–Crippen MR) is 55.8 cm³/mol. The first-order chi connectivity index (χ1) is 7.58. The Morgan fingerprint density at radius 1 is 1.19 bits per heavy atom. The number of rotatable bonds is 2. The lowest BCUT2D eigenvalue weighted by molar-refractivity contribution is 0.527. The minimum absolute atomic E-state index is 0.391. The monoisotopic (exact) mass is 223 g/mol. The normalized spacial score (nSPS) is 12.8. The quantitative estimate of drug-likeness (QED) is 0.850. The van der Waals surface area contributed by atoms with Crippen LogP contribution in [0.15, 0.2) is 34.9 Å². The third kappa shape index (κ3) is 1.97. The van der Waals surface area contributed by atoms with E-state index in [0.29, 0.717) is 11.3 Å². The molecule has 1 unspecified atom stereocenters. The molecule has 0 saturated heterocycles. The Morgan fingerprint density at radius 2 is 1.81 bits per heavy atom. The molecule has 0 aliphatic rings. The molecule has 4 heteroatoms. The topological polar surface area (TPSA) is 39.2 Å². The largest absolute Gasteiger partial charge is 0.469 e. The van der Waals surface area contributed by atoms with Gasteiger partial charge in [0.1, 0.15) is 17.4 Å². The standard InChI is InChI=1S/C12H11F2NO/c1-7-11(2-3-16-7)12(15)8-4-9(13)6-10(14)5-8/h2-6,12H,15H2,1H3. The van der Waals surface area contributed by atoms with Gasteiger partial charge < -0.3 is 10.2 Å². The SMILES string of the molecule is Cc1occc1C(N)c1cc(F)cc(F)c1. The van der Waals surface area contributed by atoms with E-state index in [4.69, 9.17) is 10.2 Å². The zero-order chi connectivity index (χ0) is 11.7. The molecule has 2 nitrogen and oxygen atoms in total. The van der Waals surface area contributed by atoms with Crippen molar-refractivity contribution in [3.8, 4) is 0 Å². The van der Waals surface area contributed by atoms with Crippen molar-refractivity contribution in [2.45, 2.75) is 13.0 Å². The van der Waals surface area contributed by atoms with Crippen LogP contribution in [0, 0.1) is 18.6 Å². The molecule has 1 aromatic heterocycles. The van der Waals surface area contributed by atoms with Gasteiger partial charge in [0.2, 0.25) is 0 Å². The zero-order valence-electron chi connectivity index (χ0n) is 8.71. The third-order valence-electron chi connectivity index (χ3n) is 2.48. The number of aryl methyl sites for hydroxylation is 1. The summed E-state index contributed by atoms with van der Waals surface area (Å²) in [6.07, 6.45) is 1.50. The average molecular weight is 223 g/mol. The maximum absolute atomic E-state index is 13.0. The van der Waals surface area contributed by atoms with Gasteiger partial charge in [-0.2, -0.15) is 0 Å². The molecule has 0 radical (unpaired) electrons. The molecule has 1 atom stereocenters. The fraction of sp³-hybridized carbons (Fsp3) is 0.167. The second-order valence-electron chi connectivity index (χ2n) is 3.61. The van der Waals surface area contributed by atoms with Crippen molar-refractivity contribution >= 4 is 0 Å². The summed E-state index contributed by atoms with van der Waals surface area (Å²) in [7, 11) is 0. The van der Waals surface area contributed by atoms with Crippen LogP contribution in [-0.4, -0.2) is 0 Å². The molecule has 84 valence electrons. The fourth-order valence-electron chi connectivity index (χ4n) is 1.65. The van der Waals surface area contributed by atoms with Crippen LogP contribution in [0.5, 0.6) is 0 Å². The fourth-order valence-corrected chi connectivity index (χ4v) is 1.65. The van der Waals surface area contributed by atoms with Crippen molar-refractivity contribution in [1.29, 1.82) is 0 Å². The number of furan rings is 1. The summed E-state index contributed by atoms with van der Waals surface area (Å²) in [5.74, 6) is -0.615. The predicted octanol–water partition coefficient (Wildman–Crippen LogP) is 2.91. The van der Waals surface area contributed by atoms with Crippen LogP contribution < -0.4 is 5.73 Å². The van der Waals surface area contributed by atoms with Gasteiger partial charge >= 0.3 is 0 Å². The molecular formula is C12H11F2NO. The zero-order valence-corrected chi connectivity index (χ0v) is 8.71. The minimum atomic E-state index is -0.633. The van der Waals surface area contributed by atoms with Crippen molar-refractivity contribution in [3.05, 3.63) is 59.1 Å². The van der Waals surface area contributed by atoms with Crippen LogP contribution in [0.3, 0.4) is 0 Å². The van der Waals surface area contributed by atoms with Gasteiger partial charge in [-0.15, -0.1) is 0 Å². The van der Waals surface area contributed by atoms with Gasteiger partial charge in [-0.05, 0) is 30.7 Å². The van der Waals surface area contributed by atoms with Gasteiger partial charge in [-0.25, -0.2) is 8.78 Å². The highest BCUT2D eigenvalue weighted by Gasteiger charge is 2.15. The van der Waals surface area contributed by atoms with E-state index in [9.17, 15) is 8.78 Å². The summed E-state index contributed by atoms with van der Waals surface area (Å²) in [6, 6.07) is 4.38. The van der Waals surface area contributed by atoms with Gasteiger partial charge in [0.05, 0.1) is 12.3 Å². The van der Waals surface area contributed by atoms with Crippen LogP contribution in [0.2, 0.25) is 0 Å². The van der Waals surface area contributed by atoms with E-state index in [1.54, 1.807) is 13.0 Å². The number of benzene rings is 1. The van der Waals surface area contributed by atoms with Gasteiger partial charge in [-0.3, -0.25) is 0 Å². The van der Waals surface area contributed by atoms with Crippen LogP contribution >= 0.6 is 0 Å². The Balaban J connectivity index is 2.41. The molecule has 2 N–H and O–H groups in total. The molecule has 16 heavy (non-hydrogen) atoms. The van der Waals surface area contributed by atoms with Gasteiger partial charge in [0.25, 0.3) is 0 Å². The van der Waals surface area contributed by atoms with Crippen LogP contribution in [0.1, 0.15) is 22.9 Å². The van der Waals surface area contributed by atoms with E-state index >= 15 is 0 Å². The van der Waals surface area contributed by atoms with Gasteiger partial charge in [0.15, 0.2) is 0 Å². The number of nitrogens with two attached hydrogens (primary N) is 1. The van der Waals surface area contributed by atoms with E-state index in [1.165, 1.54) is 18.4 Å². The average Bonchev–Trinajstić information content (AvgIpc) is 2.62. The van der Waals surface area contributed by atoms with E-state index in [-0.39, 0.29) is 0 Å². The van der Waals surface area contributed by atoms with Gasteiger partial charge in [0, 0.05) is 11.6 Å². The van der Waals surface area contributed by atoms with Crippen molar-refractivity contribution in [3.63, 3.8) is 0 Å². The molecule has 0 aliphatic heterocycles. The van der Waals surface area contributed by atoms with Crippen molar-refractivity contribution < 1.29 is 13.2 Å². The number of halogens is 2. The smallest absolute Gasteiger partial charge is 0.126 e. The lowest BCUT2D eigenvalue weighted by atomic mass is 10.00. The number of hydrogen-bond acceptors (Lipinski definition) is 2. The molecule has 2 aromatic rings. The molecule has 2 rings (SSSR count). The Kier molecular flexibility index (Phi) is 2.75.